The summed E-state index contributed by atoms with van der Waals surface area (Å²) < 4.78 is 26.0. The molecule has 0 atom stereocenters. The molecule has 1 aromatic heterocycles. The molecule has 0 aliphatic heterocycles. The maximum atomic E-state index is 13.5. The van der Waals surface area contributed by atoms with Crippen LogP contribution in [-0.2, 0) is 6.61 Å². The molecule has 166 valence electrons. The van der Waals surface area contributed by atoms with E-state index in [4.69, 9.17) is 21.1 Å². The summed E-state index contributed by atoms with van der Waals surface area (Å²) in [6.07, 6.45) is 1.68. The van der Waals surface area contributed by atoms with Gasteiger partial charge in [-0.25, -0.2) is 9.37 Å². The molecule has 0 saturated heterocycles. The Hall–Kier alpha value is -3.34. The number of aromatic nitrogens is 2. The van der Waals surface area contributed by atoms with Gasteiger partial charge in [-0.1, -0.05) is 29.8 Å². The van der Waals surface area contributed by atoms with Crippen LogP contribution in [0.3, 0.4) is 0 Å². The highest BCUT2D eigenvalue weighted by Gasteiger charge is 2.15. The van der Waals surface area contributed by atoms with Gasteiger partial charge < -0.3 is 14.5 Å². The quantitative estimate of drug-likeness (QED) is 0.259. The molecule has 5 nitrogen and oxygen atoms in total. The van der Waals surface area contributed by atoms with Crippen LogP contribution in [0.15, 0.2) is 59.1 Å². The predicted octanol–water partition coefficient (Wildman–Crippen LogP) is 7.16. The lowest BCUT2D eigenvalue weighted by atomic mass is 10.1. The molecule has 0 amide bonds. The highest BCUT2D eigenvalue weighted by atomic mass is 79.9. The van der Waals surface area contributed by atoms with Crippen molar-refractivity contribution in [2.24, 2.45) is 0 Å². The Morgan fingerprint density at radius 2 is 2.03 bits per heavy atom. The summed E-state index contributed by atoms with van der Waals surface area (Å²) in [5.74, 6) is 1.03. The van der Waals surface area contributed by atoms with E-state index in [-0.39, 0.29) is 12.4 Å². The third-order valence-corrected chi connectivity index (χ3v) is 5.75. The molecule has 0 spiro atoms. The van der Waals surface area contributed by atoms with Gasteiger partial charge in [0.15, 0.2) is 11.5 Å². The zero-order valence-corrected chi connectivity index (χ0v) is 19.9. The van der Waals surface area contributed by atoms with Gasteiger partial charge in [0.1, 0.15) is 24.3 Å². The molecule has 1 N–H and O–H groups in total. The van der Waals surface area contributed by atoms with Crippen molar-refractivity contribution in [3.63, 3.8) is 0 Å². The summed E-state index contributed by atoms with van der Waals surface area (Å²) in [4.78, 5) is 7.39. The zero-order chi connectivity index (χ0) is 23.4. The second-order valence-electron chi connectivity index (χ2n) is 7.06. The van der Waals surface area contributed by atoms with E-state index in [0.717, 1.165) is 5.56 Å². The van der Waals surface area contributed by atoms with Crippen LogP contribution in [0.25, 0.3) is 22.7 Å². The molecule has 0 saturated carbocycles. The zero-order valence-electron chi connectivity index (χ0n) is 17.5. The standard InChI is InChI=1S/C25H18BrClFN3O2/c1-2-32-23-11-15(10-19(26)24(23)33-14-16-5-3-4-6-20(16)27)9-17(13-29)25-30-21-8-7-18(28)12-22(21)31-25/h3-12H,2,14H2,1H3,(H,30,31)/b17-9-. The van der Waals surface area contributed by atoms with E-state index < -0.39 is 0 Å². The van der Waals surface area contributed by atoms with Gasteiger partial charge in [0.25, 0.3) is 0 Å². The number of allylic oxidation sites excluding steroid dienone is 1. The number of H-pyrrole nitrogens is 1. The number of hydrogen-bond donors (Lipinski definition) is 1. The van der Waals surface area contributed by atoms with Gasteiger partial charge in [-0.05, 0) is 70.9 Å². The Morgan fingerprint density at radius 3 is 2.79 bits per heavy atom. The number of benzene rings is 3. The summed E-state index contributed by atoms with van der Waals surface area (Å²) in [6.45, 7) is 2.58. The van der Waals surface area contributed by atoms with Crippen LogP contribution in [-0.4, -0.2) is 16.6 Å². The lowest BCUT2D eigenvalue weighted by Crippen LogP contribution is -2.01. The minimum atomic E-state index is -0.377. The minimum Gasteiger partial charge on any atom is -0.490 e. The first kappa shape index (κ1) is 22.8. The van der Waals surface area contributed by atoms with Gasteiger partial charge in [-0.2, -0.15) is 5.26 Å². The van der Waals surface area contributed by atoms with E-state index in [9.17, 15) is 9.65 Å². The third kappa shape index (κ3) is 5.19. The Bertz CT molecular complexity index is 1390. The first-order valence-corrected chi connectivity index (χ1v) is 11.3. The fourth-order valence-electron chi connectivity index (χ4n) is 3.27. The van der Waals surface area contributed by atoms with E-state index >= 15 is 0 Å². The van der Waals surface area contributed by atoms with Crippen molar-refractivity contribution < 1.29 is 13.9 Å². The number of hydrogen-bond acceptors (Lipinski definition) is 4. The Morgan fingerprint density at radius 1 is 1.21 bits per heavy atom. The van der Waals surface area contributed by atoms with Crippen LogP contribution in [0.1, 0.15) is 23.9 Å². The number of nitrogens with zero attached hydrogens (tertiary/aromatic N) is 2. The molecule has 33 heavy (non-hydrogen) atoms. The number of nitriles is 1. The molecule has 4 aromatic rings. The lowest BCUT2D eigenvalue weighted by molar-refractivity contribution is 0.267. The van der Waals surface area contributed by atoms with Crippen LogP contribution < -0.4 is 9.47 Å². The fraction of sp³-hybridized carbons (Fsp3) is 0.120. The molecule has 3 aromatic carbocycles. The Kier molecular flexibility index (Phi) is 6.97. The summed E-state index contributed by atoms with van der Waals surface area (Å²) in [5, 5.41) is 10.3. The van der Waals surface area contributed by atoms with Crippen molar-refractivity contribution in [3.05, 3.63) is 86.9 Å². The van der Waals surface area contributed by atoms with Gasteiger partial charge >= 0.3 is 0 Å². The smallest absolute Gasteiger partial charge is 0.175 e. The minimum absolute atomic E-state index is 0.270. The second kappa shape index (κ2) is 10.1. The maximum Gasteiger partial charge on any atom is 0.175 e. The topological polar surface area (TPSA) is 70.9 Å². The second-order valence-corrected chi connectivity index (χ2v) is 8.32. The van der Waals surface area contributed by atoms with Crippen LogP contribution in [0.5, 0.6) is 11.5 Å². The van der Waals surface area contributed by atoms with Crippen LogP contribution in [0.4, 0.5) is 4.39 Å². The van der Waals surface area contributed by atoms with Gasteiger partial charge in [-0.15, -0.1) is 0 Å². The van der Waals surface area contributed by atoms with E-state index in [0.29, 0.717) is 55.6 Å². The van der Waals surface area contributed by atoms with Crippen molar-refractivity contribution >= 4 is 50.2 Å². The van der Waals surface area contributed by atoms with Gasteiger partial charge in [-0.3, -0.25) is 0 Å². The highest BCUT2D eigenvalue weighted by molar-refractivity contribution is 9.10. The SMILES string of the molecule is CCOc1cc(/C=C(/C#N)c2nc3ccc(F)cc3[nH]2)cc(Br)c1OCc1ccccc1Cl. The van der Waals surface area contributed by atoms with Crippen molar-refractivity contribution in [1.82, 2.24) is 9.97 Å². The normalized spacial score (nSPS) is 11.4. The summed E-state index contributed by atoms with van der Waals surface area (Å²) in [7, 11) is 0. The number of rotatable bonds is 7. The summed E-state index contributed by atoms with van der Waals surface area (Å²) in [6, 6.07) is 17.5. The number of ether oxygens (including phenoxy) is 2. The van der Waals surface area contributed by atoms with Crippen molar-refractivity contribution in [2.45, 2.75) is 13.5 Å². The first-order valence-electron chi connectivity index (χ1n) is 10.1. The fourth-order valence-corrected chi connectivity index (χ4v) is 4.03. The molecule has 8 heteroatoms. The Balaban J connectivity index is 1.67. The van der Waals surface area contributed by atoms with E-state index in [1.165, 1.54) is 12.1 Å². The van der Waals surface area contributed by atoms with Gasteiger partial charge in [0.05, 0.1) is 27.7 Å². The highest BCUT2D eigenvalue weighted by Crippen LogP contribution is 2.38. The van der Waals surface area contributed by atoms with E-state index in [1.807, 2.05) is 37.3 Å². The summed E-state index contributed by atoms with van der Waals surface area (Å²) in [5.41, 5.74) is 2.95. The number of halogens is 3. The molecule has 1 heterocycles. The van der Waals surface area contributed by atoms with Crippen LogP contribution >= 0.6 is 27.5 Å². The van der Waals surface area contributed by atoms with Crippen molar-refractivity contribution in [3.8, 4) is 17.6 Å². The average Bonchev–Trinajstić information content (AvgIpc) is 3.21. The van der Waals surface area contributed by atoms with E-state index in [2.05, 4.69) is 32.0 Å². The maximum absolute atomic E-state index is 13.5. The third-order valence-electron chi connectivity index (χ3n) is 4.79. The Labute approximate surface area is 203 Å². The molecule has 0 aliphatic carbocycles. The van der Waals surface area contributed by atoms with E-state index in [1.54, 1.807) is 18.2 Å². The van der Waals surface area contributed by atoms with Crippen LogP contribution in [0.2, 0.25) is 5.02 Å². The van der Waals surface area contributed by atoms with Crippen molar-refractivity contribution in [1.29, 1.82) is 5.26 Å². The first-order chi connectivity index (χ1) is 16.0. The molecular formula is C25H18BrClFN3O2. The molecule has 0 aliphatic rings. The molecule has 4 rings (SSSR count). The predicted molar refractivity (Wildman–Crippen MR) is 131 cm³/mol. The van der Waals surface area contributed by atoms with Crippen LogP contribution in [0, 0.1) is 17.1 Å². The monoisotopic (exact) mass is 525 g/mol. The summed E-state index contributed by atoms with van der Waals surface area (Å²) >= 11 is 9.78. The van der Waals surface area contributed by atoms with Gasteiger partial charge in [0, 0.05) is 10.6 Å². The number of fused-ring (bicyclic) bond motifs is 1. The average molecular weight is 527 g/mol. The van der Waals surface area contributed by atoms with Gasteiger partial charge in [0.2, 0.25) is 0 Å². The molecule has 0 unspecified atom stereocenters. The molecular weight excluding hydrogens is 509 g/mol. The van der Waals surface area contributed by atoms with Crippen molar-refractivity contribution in [2.75, 3.05) is 6.61 Å². The molecule has 0 fully saturated rings. The number of aromatic amines is 1. The molecule has 0 bridgehead atoms. The molecule has 0 radical (unpaired) electrons. The number of imidazole rings is 1. The lowest BCUT2D eigenvalue weighted by Gasteiger charge is -2.15. The largest absolute Gasteiger partial charge is 0.490 e. The number of nitrogens with one attached hydrogen (secondary N) is 1.